The molecule has 4 nitrogen and oxygen atoms in total. The van der Waals surface area contributed by atoms with Crippen molar-refractivity contribution in [3.8, 4) is 0 Å². The normalized spacial score (nSPS) is 20.9. The molecule has 3 N–H and O–H groups in total. The molecule has 0 aliphatic carbocycles. The van der Waals surface area contributed by atoms with Gasteiger partial charge in [-0.05, 0) is 44.4 Å². The van der Waals surface area contributed by atoms with Gasteiger partial charge in [0.1, 0.15) is 6.23 Å². The van der Waals surface area contributed by atoms with Crippen LogP contribution in [0, 0.1) is 5.41 Å². The summed E-state index contributed by atoms with van der Waals surface area (Å²) in [6.45, 7) is 2.33. The van der Waals surface area contributed by atoms with Crippen LogP contribution in [-0.4, -0.2) is 29.8 Å². The minimum Gasteiger partial charge on any atom is -0.387 e. The van der Waals surface area contributed by atoms with Gasteiger partial charge in [0.2, 0.25) is 0 Å². The van der Waals surface area contributed by atoms with Crippen molar-refractivity contribution in [2.45, 2.75) is 38.5 Å². The first-order valence-electron chi connectivity index (χ1n) is 6.52. The Labute approximate surface area is 118 Å². The number of hydrogen-bond acceptors (Lipinski definition) is 4. The molecule has 1 fully saturated rings. The molecule has 2 unspecified atom stereocenters. The lowest BCUT2D eigenvalue weighted by atomic mass is 10.0. The van der Waals surface area contributed by atoms with Crippen LogP contribution in [0.25, 0.3) is 0 Å². The molecule has 0 spiro atoms. The van der Waals surface area contributed by atoms with Crippen LogP contribution in [0.2, 0.25) is 5.02 Å². The Bertz CT molecular complexity index is 457. The lowest BCUT2D eigenvalue weighted by Crippen LogP contribution is -2.28. The van der Waals surface area contributed by atoms with Crippen LogP contribution >= 0.6 is 11.6 Å². The van der Waals surface area contributed by atoms with E-state index in [0.717, 1.165) is 31.6 Å². The Morgan fingerprint density at radius 1 is 1.53 bits per heavy atom. The summed E-state index contributed by atoms with van der Waals surface area (Å²) in [5.74, 6) is 0. The third kappa shape index (κ3) is 3.69. The monoisotopic (exact) mass is 282 g/mol. The van der Waals surface area contributed by atoms with Gasteiger partial charge in [-0.1, -0.05) is 11.6 Å². The van der Waals surface area contributed by atoms with Gasteiger partial charge in [-0.25, -0.2) is 0 Å². The molecular weight excluding hydrogens is 264 g/mol. The summed E-state index contributed by atoms with van der Waals surface area (Å²) in [7, 11) is 0. The van der Waals surface area contributed by atoms with E-state index in [1.807, 2.05) is 6.07 Å². The molecule has 1 heterocycles. The summed E-state index contributed by atoms with van der Waals surface area (Å²) < 4.78 is 5.63. The Balaban J connectivity index is 2.21. The van der Waals surface area contributed by atoms with Gasteiger partial charge in [0, 0.05) is 22.9 Å². The van der Waals surface area contributed by atoms with Crippen molar-refractivity contribution in [2.75, 3.05) is 11.9 Å². The van der Waals surface area contributed by atoms with Gasteiger partial charge in [0.15, 0.2) is 0 Å². The second-order valence-corrected chi connectivity index (χ2v) is 5.22. The lowest BCUT2D eigenvalue weighted by molar-refractivity contribution is 0.0343. The van der Waals surface area contributed by atoms with Crippen molar-refractivity contribution in [2.24, 2.45) is 0 Å². The fourth-order valence-electron chi connectivity index (χ4n) is 2.12. The Kier molecular flexibility index (Phi) is 4.80. The number of aliphatic hydroxyl groups is 1. The fraction of sp³-hybridized carbons (Fsp3) is 0.500. The highest BCUT2D eigenvalue weighted by atomic mass is 35.5. The highest BCUT2D eigenvalue weighted by molar-refractivity contribution is 6.31. The number of ether oxygens (including phenoxy) is 1. The molecule has 104 valence electrons. The van der Waals surface area contributed by atoms with E-state index < -0.39 is 6.10 Å². The summed E-state index contributed by atoms with van der Waals surface area (Å²) >= 11 is 5.97. The van der Waals surface area contributed by atoms with Gasteiger partial charge in [-0.2, -0.15) is 0 Å². The van der Waals surface area contributed by atoms with Crippen molar-refractivity contribution < 1.29 is 9.84 Å². The van der Waals surface area contributed by atoms with Crippen molar-refractivity contribution >= 4 is 23.0 Å². The number of rotatable bonds is 4. The quantitative estimate of drug-likeness (QED) is 0.744. The van der Waals surface area contributed by atoms with Crippen LogP contribution in [-0.2, 0) is 4.74 Å². The van der Waals surface area contributed by atoms with E-state index in [1.54, 1.807) is 19.1 Å². The van der Waals surface area contributed by atoms with E-state index in [2.05, 4.69) is 5.32 Å². The molecule has 2 rings (SSSR count). The average Bonchev–Trinajstić information content (AvgIpc) is 2.41. The largest absolute Gasteiger partial charge is 0.387 e. The SMILES string of the molecule is CC(O)C(=N)c1cc(Cl)ccc1NC1CCCCO1. The number of hydrogen-bond donors (Lipinski definition) is 3. The number of anilines is 1. The molecule has 1 aromatic carbocycles. The minimum atomic E-state index is -0.828. The maximum atomic E-state index is 9.57. The standard InChI is InChI=1S/C14H19ClN2O2/c1-9(18)14(16)11-8-10(15)5-6-12(11)17-13-4-2-3-7-19-13/h5-6,8-9,13,16-18H,2-4,7H2,1H3. The molecule has 0 radical (unpaired) electrons. The number of benzene rings is 1. The molecule has 19 heavy (non-hydrogen) atoms. The highest BCUT2D eigenvalue weighted by Crippen LogP contribution is 2.25. The molecule has 0 aromatic heterocycles. The first-order valence-corrected chi connectivity index (χ1v) is 6.90. The Morgan fingerprint density at radius 3 is 2.95 bits per heavy atom. The van der Waals surface area contributed by atoms with Gasteiger partial charge >= 0.3 is 0 Å². The first kappa shape index (κ1) is 14.3. The fourth-order valence-corrected chi connectivity index (χ4v) is 2.29. The first-order chi connectivity index (χ1) is 9.08. The van der Waals surface area contributed by atoms with Crippen molar-refractivity contribution in [1.82, 2.24) is 0 Å². The molecular formula is C14H19ClN2O2. The minimum absolute atomic E-state index is 0.0320. The van der Waals surface area contributed by atoms with E-state index in [0.29, 0.717) is 10.6 Å². The third-order valence-corrected chi connectivity index (χ3v) is 3.42. The van der Waals surface area contributed by atoms with E-state index >= 15 is 0 Å². The molecule has 1 aliphatic rings. The average molecular weight is 283 g/mol. The number of nitrogens with one attached hydrogen (secondary N) is 2. The van der Waals surface area contributed by atoms with E-state index in [9.17, 15) is 5.11 Å². The zero-order chi connectivity index (χ0) is 13.8. The van der Waals surface area contributed by atoms with E-state index in [-0.39, 0.29) is 11.9 Å². The summed E-state index contributed by atoms with van der Waals surface area (Å²) in [6, 6.07) is 5.29. The van der Waals surface area contributed by atoms with Gasteiger partial charge in [0.25, 0.3) is 0 Å². The molecule has 2 atom stereocenters. The maximum Gasteiger partial charge on any atom is 0.127 e. The summed E-state index contributed by atoms with van der Waals surface area (Å²) in [5, 5.41) is 21.3. The van der Waals surface area contributed by atoms with E-state index in [1.165, 1.54) is 0 Å². The van der Waals surface area contributed by atoms with Crippen molar-refractivity contribution in [3.05, 3.63) is 28.8 Å². The molecule has 1 saturated heterocycles. The maximum absolute atomic E-state index is 9.57. The van der Waals surface area contributed by atoms with Crippen LogP contribution < -0.4 is 5.32 Å². The second kappa shape index (κ2) is 6.37. The van der Waals surface area contributed by atoms with Gasteiger partial charge in [0.05, 0.1) is 11.8 Å². The number of aliphatic hydroxyl groups excluding tert-OH is 1. The summed E-state index contributed by atoms with van der Waals surface area (Å²) in [6.07, 6.45) is 2.31. The lowest BCUT2D eigenvalue weighted by Gasteiger charge is -2.26. The van der Waals surface area contributed by atoms with Gasteiger partial charge < -0.3 is 20.6 Å². The van der Waals surface area contributed by atoms with E-state index in [4.69, 9.17) is 21.7 Å². The van der Waals surface area contributed by atoms with Crippen LogP contribution in [0.4, 0.5) is 5.69 Å². The zero-order valence-corrected chi connectivity index (χ0v) is 11.7. The molecule has 0 amide bonds. The Hall–Kier alpha value is -1.10. The third-order valence-electron chi connectivity index (χ3n) is 3.19. The van der Waals surface area contributed by atoms with Crippen LogP contribution in [0.3, 0.4) is 0 Å². The summed E-state index contributed by atoms with van der Waals surface area (Å²) in [5.41, 5.74) is 1.56. The van der Waals surface area contributed by atoms with Crippen molar-refractivity contribution in [3.63, 3.8) is 0 Å². The highest BCUT2D eigenvalue weighted by Gasteiger charge is 2.18. The molecule has 1 aliphatic heterocycles. The molecule has 5 heteroatoms. The molecule has 0 bridgehead atoms. The van der Waals surface area contributed by atoms with Gasteiger partial charge in [-0.15, -0.1) is 0 Å². The molecule has 1 aromatic rings. The van der Waals surface area contributed by atoms with Crippen LogP contribution in [0.1, 0.15) is 31.7 Å². The Morgan fingerprint density at radius 2 is 2.32 bits per heavy atom. The second-order valence-electron chi connectivity index (χ2n) is 4.78. The number of halogens is 1. The van der Waals surface area contributed by atoms with Crippen LogP contribution in [0.5, 0.6) is 0 Å². The molecule has 0 saturated carbocycles. The predicted octanol–water partition coefficient (Wildman–Crippen LogP) is 3.03. The van der Waals surface area contributed by atoms with Gasteiger partial charge in [-0.3, -0.25) is 0 Å². The van der Waals surface area contributed by atoms with Crippen molar-refractivity contribution in [1.29, 1.82) is 5.41 Å². The predicted molar refractivity (Wildman–Crippen MR) is 77.2 cm³/mol. The summed E-state index contributed by atoms with van der Waals surface area (Å²) in [4.78, 5) is 0. The smallest absolute Gasteiger partial charge is 0.127 e. The zero-order valence-electron chi connectivity index (χ0n) is 10.9. The van der Waals surface area contributed by atoms with Crippen LogP contribution in [0.15, 0.2) is 18.2 Å². The topological polar surface area (TPSA) is 65.3 Å².